The van der Waals surface area contributed by atoms with Gasteiger partial charge >= 0.3 is 0 Å². The van der Waals surface area contributed by atoms with Crippen molar-refractivity contribution in [3.05, 3.63) is 115 Å². The Morgan fingerprint density at radius 3 is 1.63 bits per heavy atom. The van der Waals surface area contributed by atoms with E-state index in [1.807, 2.05) is 109 Å². The van der Waals surface area contributed by atoms with Gasteiger partial charge in [0.05, 0.1) is 5.69 Å². The van der Waals surface area contributed by atoms with Crippen LogP contribution >= 0.6 is 0 Å². The number of pyridine rings is 1. The Balaban J connectivity index is 1.49. The van der Waals surface area contributed by atoms with Gasteiger partial charge in [0.25, 0.3) is 0 Å². The molecule has 0 unspecified atom stereocenters. The second kappa shape index (κ2) is 8.80. The Bertz CT molecular complexity index is 1590. The Kier molecular flexibility index (Phi) is 5.20. The van der Waals surface area contributed by atoms with Gasteiger partial charge in [-0.2, -0.15) is 0 Å². The molecule has 5 nitrogen and oxygen atoms in total. The summed E-state index contributed by atoms with van der Waals surface area (Å²) in [4.78, 5) is 19.1. The molecular formula is C30H20N4O. The van der Waals surface area contributed by atoms with E-state index in [-0.39, 0.29) is 5.75 Å². The second-order valence-corrected chi connectivity index (χ2v) is 8.16. The number of aromatic hydroxyl groups is 1. The van der Waals surface area contributed by atoms with Gasteiger partial charge in [0.2, 0.25) is 0 Å². The monoisotopic (exact) mass is 452 g/mol. The molecule has 0 saturated carbocycles. The number of benzene rings is 4. The SMILES string of the molecule is Oc1cccc2ccc(-c3cccc(-c4nc(-c5ccccc5)nc(-c5ccccc5)n4)c3)nc12. The van der Waals surface area contributed by atoms with Crippen LogP contribution in [0.4, 0.5) is 0 Å². The lowest BCUT2D eigenvalue weighted by Crippen LogP contribution is -2.00. The average molecular weight is 453 g/mol. The number of hydrogen-bond acceptors (Lipinski definition) is 5. The quantitative estimate of drug-likeness (QED) is 0.319. The van der Waals surface area contributed by atoms with Crippen LogP contribution in [0.15, 0.2) is 115 Å². The molecule has 0 bridgehead atoms. The van der Waals surface area contributed by atoms with E-state index < -0.39 is 0 Å². The molecule has 0 aliphatic heterocycles. The molecule has 0 saturated heterocycles. The maximum Gasteiger partial charge on any atom is 0.164 e. The van der Waals surface area contributed by atoms with Crippen molar-refractivity contribution in [2.24, 2.45) is 0 Å². The molecule has 35 heavy (non-hydrogen) atoms. The van der Waals surface area contributed by atoms with Crippen LogP contribution in [-0.4, -0.2) is 25.0 Å². The van der Waals surface area contributed by atoms with Crippen LogP contribution in [0.1, 0.15) is 0 Å². The first kappa shape index (κ1) is 20.7. The zero-order valence-electron chi connectivity index (χ0n) is 18.7. The number of hydrogen-bond donors (Lipinski definition) is 1. The molecular weight excluding hydrogens is 432 g/mol. The zero-order valence-corrected chi connectivity index (χ0v) is 18.7. The van der Waals surface area contributed by atoms with Gasteiger partial charge in [0.15, 0.2) is 17.5 Å². The van der Waals surface area contributed by atoms with Gasteiger partial charge in [-0.3, -0.25) is 0 Å². The van der Waals surface area contributed by atoms with Crippen molar-refractivity contribution in [1.82, 2.24) is 19.9 Å². The van der Waals surface area contributed by atoms with Crippen LogP contribution in [0.2, 0.25) is 0 Å². The number of para-hydroxylation sites is 1. The van der Waals surface area contributed by atoms with Crippen LogP contribution in [0.3, 0.4) is 0 Å². The molecule has 4 aromatic carbocycles. The third-order valence-corrected chi connectivity index (χ3v) is 5.81. The van der Waals surface area contributed by atoms with E-state index >= 15 is 0 Å². The smallest absolute Gasteiger partial charge is 0.164 e. The summed E-state index contributed by atoms with van der Waals surface area (Å²) in [6.45, 7) is 0. The third-order valence-electron chi connectivity index (χ3n) is 5.81. The standard InChI is InChI=1S/C30H20N4O/c35-26-16-8-13-20-17-18-25(31-27(20)26)23-14-7-15-24(19-23)30-33-28(21-9-3-1-4-10-21)32-29(34-30)22-11-5-2-6-12-22/h1-19,35H. The molecule has 2 aromatic heterocycles. The highest BCUT2D eigenvalue weighted by molar-refractivity contribution is 5.86. The minimum absolute atomic E-state index is 0.165. The first-order valence-corrected chi connectivity index (χ1v) is 11.3. The highest BCUT2D eigenvalue weighted by atomic mass is 16.3. The molecule has 1 N–H and O–H groups in total. The minimum Gasteiger partial charge on any atom is -0.506 e. The van der Waals surface area contributed by atoms with Gasteiger partial charge < -0.3 is 5.11 Å². The lowest BCUT2D eigenvalue weighted by Gasteiger charge is -2.10. The van der Waals surface area contributed by atoms with Crippen LogP contribution in [0.5, 0.6) is 5.75 Å². The van der Waals surface area contributed by atoms with Gasteiger partial charge in [-0.25, -0.2) is 19.9 Å². The summed E-state index contributed by atoms with van der Waals surface area (Å²) in [6, 6.07) is 37.1. The summed E-state index contributed by atoms with van der Waals surface area (Å²) >= 11 is 0. The number of rotatable bonds is 4. The molecule has 166 valence electrons. The summed E-state index contributed by atoms with van der Waals surface area (Å²) in [6.07, 6.45) is 0. The van der Waals surface area contributed by atoms with Crippen LogP contribution in [0.25, 0.3) is 56.3 Å². The first-order chi connectivity index (χ1) is 17.2. The zero-order chi connectivity index (χ0) is 23.6. The Labute approximate surface area is 202 Å². The summed E-state index contributed by atoms with van der Waals surface area (Å²) in [5, 5.41) is 11.2. The van der Waals surface area contributed by atoms with E-state index in [2.05, 4.69) is 0 Å². The topological polar surface area (TPSA) is 71.8 Å². The Morgan fingerprint density at radius 1 is 0.429 bits per heavy atom. The summed E-state index contributed by atoms with van der Waals surface area (Å²) in [5.41, 5.74) is 4.97. The molecule has 0 spiro atoms. The molecule has 2 heterocycles. The number of nitrogens with zero attached hydrogens (tertiary/aromatic N) is 4. The average Bonchev–Trinajstić information content (AvgIpc) is 2.94. The van der Waals surface area contributed by atoms with E-state index in [1.165, 1.54) is 0 Å². The number of phenolic OH excluding ortho intramolecular Hbond substituents is 1. The molecule has 0 atom stereocenters. The predicted molar refractivity (Wildman–Crippen MR) is 139 cm³/mol. The van der Waals surface area contributed by atoms with Crippen LogP contribution in [0, 0.1) is 0 Å². The van der Waals surface area contributed by atoms with E-state index in [9.17, 15) is 5.11 Å². The summed E-state index contributed by atoms with van der Waals surface area (Å²) < 4.78 is 0. The maximum atomic E-state index is 10.3. The van der Waals surface area contributed by atoms with E-state index in [1.54, 1.807) is 6.07 Å². The summed E-state index contributed by atoms with van der Waals surface area (Å²) in [5.74, 6) is 1.99. The second-order valence-electron chi connectivity index (χ2n) is 8.16. The van der Waals surface area contributed by atoms with Crippen molar-refractivity contribution in [1.29, 1.82) is 0 Å². The fraction of sp³-hybridized carbons (Fsp3) is 0. The van der Waals surface area contributed by atoms with Crippen LogP contribution < -0.4 is 0 Å². The van der Waals surface area contributed by atoms with Crippen molar-refractivity contribution in [2.75, 3.05) is 0 Å². The Morgan fingerprint density at radius 2 is 0.971 bits per heavy atom. The third kappa shape index (κ3) is 4.11. The summed E-state index contributed by atoms with van der Waals surface area (Å²) in [7, 11) is 0. The highest BCUT2D eigenvalue weighted by Gasteiger charge is 2.13. The van der Waals surface area contributed by atoms with Crippen molar-refractivity contribution in [3.8, 4) is 51.2 Å². The number of fused-ring (bicyclic) bond motifs is 1. The molecule has 0 amide bonds. The lowest BCUT2D eigenvalue weighted by molar-refractivity contribution is 0.480. The van der Waals surface area contributed by atoms with Crippen molar-refractivity contribution in [3.63, 3.8) is 0 Å². The molecule has 6 aromatic rings. The molecule has 0 fully saturated rings. The fourth-order valence-electron chi connectivity index (χ4n) is 4.05. The first-order valence-electron chi connectivity index (χ1n) is 11.3. The van der Waals surface area contributed by atoms with E-state index in [0.717, 1.165) is 33.3 Å². The largest absolute Gasteiger partial charge is 0.506 e. The van der Waals surface area contributed by atoms with Crippen molar-refractivity contribution in [2.45, 2.75) is 0 Å². The van der Waals surface area contributed by atoms with Gasteiger partial charge in [-0.05, 0) is 18.2 Å². The molecule has 5 heteroatoms. The van der Waals surface area contributed by atoms with Crippen molar-refractivity contribution >= 4 is 10.9 Å². The number of phenols is 1. The van der Waals surface area contributed by atoms with Gasteiger partial charge in [0.1, 0.15) is 11.3 Å². The molecule has 0 radical (unpaired) electrons. The normalized spacial score (nSPS) is 11.0. The minimum atomic E-state index is 0.165. The highest BCUT2D eigenvalue weighted by Crippen LogP contribution is 2.30. The van der Waals surface area contributed by atoms with Crippen LogP contribution in [-0.2, 0) is 0 Å². The molecule has 0 aliphatic carbocycles. The molecule has 6 rings (SSSR count). The number of aromatic nitrogens is 4. The Hall–Kier alpha value is -4.90. The predicted octanol–water partition coefficient (Wildman–Crippen LogP) is 6.79. The van der Waals surface area contributed by atoms with Gasteiger partial charge in [-0.1, -0.05) is 97.1 Å². The maximum absolute atomic E-state index is 10.3. The fourth-order valence-corrected chi connectivity index (χ4v) is 4.05. The van der Waals surface area contributed by atoms with Gasteiger partial charge in [-0.15, -0.1) is 0 Å². The van der Waals surface area contributed by atoms with Crippen molar-refractivity contribution < 1.29 is 5.11 Å². The van der Waals surface area contributed by atoms with E-state index in [0.29, 0.717) is 23.0 Å². The lowest BCUT2D eigenvalue weighted by atomic mass is 10.1. The van der Waals surface area contributed by atoms with Gasteiger partial charge in [0, 0.05) is 27.6 Å². The van der Waals surface area contributed by atoms with E-state index in [4.69, 9.17) is 19.9 Å². The molecule has 0 aliphatic rings.